The van der Waals surface area contributed by atoms with E-state index in [-0.39, 0.29) is 0 Å². The number of alkyl carbamates (subject to hydrolysis) is 1. The van der Waals surface area contributed by atoms with Crippen LogP contribution in [0, 0.1) is 0 Å². The van der Waals surface area contributed by atoms with Gasteiger partial charge in [-0.25, -0.2) is 19.7 Å². The molecule has 2 heterocycles. The van der Waals surface area contributed by atoms with E-state index < -0.39 is 11.7 Å². The fraction of sp³-hybridized carbons (Fsp3) is 0.364. The third-order valence-corrected chi connectivity index (χ3v) is 5.49. The van der Waals surface area contributed by atoms with Crippen LogP contribution in [0.3, 0.4) is 0 Å². The van der Waals surface area contributed by atoms with Gasteiger partial charge in [0.25, 0.3) is 0 Å². The first-order chi connectivity index (χ1) is 14.8. The van der Waals surface area contributed by atoms with Crippen LogP contribution in [0.25, 0.3) is 10.6 Å². The van der Waals surface area contributed by atoms with Crippen molar-refractivity contribution >= 4 is 34.2 Å². The van der Waals surface area contributed by atoms with E-state index in [4.69, 9.17) is 10.5 Å². The van der Waals surface area contributed by atoms with Gasteiger partial charge in [0.05, 0.1) is 16.3 Å². The number of anilines is 3. The van der Waals surface area contributed by atoms with Crippen molar-refractivity contribution in [2.45, 2.75) is 51.7 Å². The summed E-state index contributed by atoms with van der Waals surface area (Å²) in [7, 11) is 0. The molecule has 2 aromatic heterocycles. The van der Waals surface area contributed by atoms with Gasteiger partial charge >= 0.3 is 6.09 Å². The lowest BCUT2D eigenvalue weighted by Gasteiger charge is -2.19. The number of carbonyl (C=O) groups is 1. The molecular weight excluding hydrogens is 412 g/mol. The number of ether oxygens (including phenoxy) is 1. The van der Waals surface area contributed by atoms with Gasteiger partial charge in [-0.1, -0.05) is 23.5 Å². The van der Waals surface area contributed by atoms with Crippen molar-refractivity contribution in [2.75, 3.05) is 11.1 Å². The summed E-state index contributed by atoms with van der Waals surface area (Å²) < 4.78 is 5.25. The first kappa shape index (κ1) is 21.0. The molecule has 9 heteroatoms. The molecule has 31 heavy (non-hydrogen) atoms. The fourth-order valence-electron chi connectivity index (χ4n) is 3.03. The van der Waals surface area contributed by atoms with Crippen LogP contribution in [0.1, 0.15) is 50.8 Å². The first-order valence-electron chi connectivity index (χ1n) is 10.2. The summed E-state index contributed by atoms with van der Waals surface area (Å²) in [5.41, 5.74) is 9.11. The first-order valence-corrected chi connectivity index (χ1v) is 11.0. The van der Waals surface area contributed by atoms with Crippen LogP contribution < -0.4 is 16.4 Å². The molecule has 4 rings (SSSR count). The Morgan fingerprint density at radius 1 is 1.19 bits per heavy atom. The van der Waals surface area contributed by atoms with E-state index in [1.807, 2.05) is 51.1 Å². The minimum absolute atomic E-state index is 0.387. The standard InChI is InChI=1S/C22H26N6O2S/c1-22(2,3)30-21(29)25-12-13-4-8-15(9-5-13)26-20-24-11-10-16(27-20)18-17(14-6-7-14)28-19(23)31-18/h4-5,8-11,14H,6-7,12H2,1-3H3,(H2,23,28)(H,25,29)(H,24,26,27). The van der Waals surface area contributed by atoms with E-state index in [2.05, 4.69) is 25.6 Å². The van der Waals surface area contributed by atoms with Gasteiger partial charge in [0.2, 0.25) is 5.95 Å². The van der Waals surface area contributed by atoms with E-state index in [0.29, 0.717) is 23.5 Å². The molecule has 1 amide bonds. The number of nitrogens with one attached hydrogen (secondary N) is 2. The zero-order valence-electron chi connectivity index (χ0n) is 17.8. The lowest BCUT2D eigenvalue weighted by atomic mass is 10.2. The van der Waals surface area contributed by atoms with Crippen LogP contribution in [0.2, 0.25) is 0 Å². The molecule has 0 saturated heterocycles. The largest absolute Gasteiger partial charge is 0.444 e. The van der Waals surface area contributed by atoms with Crippen LogP contribution in [-0.4, -0.2) is 26.6 Å². The molecule has 0 radical (unpaired) electrons. The minimum Gasteiger partial charge on any atom is -0.444 e. The number of nitrogens with zero attached hydrogens (tertiary/aromatic N) is 3. The number of carbonyl (C=O) groups excluding carboxylic acids is 1. The highest BCUT2D eigenvalue weighted by Crippen LogP contribution is 2.46. The summed E-state index contributed by atoms with van der Waals surface area (Å²) in [6.45, 7) is 5.89. The molecule has 0 unspecified atom stereocenters. The van der Waals surface area contributed by atoms with Crippen LogP contribution in [0.4, 0.5) is 21.6 Å². The zero-order chi connectivity index (χ0) is 22.0. The Hall–Kier alpha value is -3.20. The summed E-state index contributed by atoms with van der Waals surface area (Å²) in [6, 6.07) is 9.58. The number of nitrogen functional groups attached to an aromatic ring is 1. The molecule has 0 spiro atoms. The smallest absolute Gasteiger partial charge is 0.407 e. The third-order valence-electron chi connectivity index (χ3n) is 4.57. The predicted octanol–water partition coefficient (Wildman–Crippen LogP) is 4.83. The number of benzene rings is 1. The second-order valence-corrected chi connectivity index (χ2v) is 9.51. The number of amides is 1. The maximum Gasteiger partial charge on any atom is 0.407 e. The molecule has 4 N–H and O–H groups in total. The van der Waals surface area contributed by atoms with Gasteiger partial charge < -0.3 is 21.1 Å². The second kappa shape index (κ2) is 8.50. The van der Waals surface area contributed by atoms with Gasteiger partial charge in [-0.3, -0.25) is 0 Å². The Balaban J connectivity index is 1.40. The highest BCUT2D eigenvalue weighted by molar-refractivity contribution is 7.18. The van der Waals surface area contributed by atoms with Crippen molar-refractivity contribution < 1.29 is 9.53 Å². The summed E-state index contributed by atoms with van der Waals surface area (Å²) in [6.07, 6.45) is 3.61. The van der Waals surface area contributed by atoms with E-state index in [1.54, 1.807) is 6.20 Å². The lowest BCUT2D eigenvalue weighted by molar-refractivity contribution is 0.0523. The molecule has 8 nitrogen and oxygen atoms in total. The van der Waals surface area contributed by atoms with Gasteiger partial charge in [-0.2, -0.15) is 0 Å². The minimum atomic E-state index is -0.517. The Morgan fingerprint density at radius 3 is 2.61 bits per heavy atom. The van der Waals surface area contributed by atoms with Crippen molar-refractivity contribution in [3.05, 3.63) is 47.8 Å². The SMILES string of the molecule is CC(C)(C)OC(=O)NCc1ccc(Nc2nccc(-c3sc(N)nc3C3CC3)n2)cc1. The summed E-state index contributed by atoms with van der Waals surface area (Å²) in [5, 5.41) is 6.55. The Bertz CT molecular complexity index is 1070. The second-order valence-electron chi connectivity index (χ2n) is 8.48. The van der Waals surface area contributed by atoms with Gasteiger partial charge in [-0.05, 0) is 57.4 Å². The normalized spacial score (nSPS) is 13.6. The van der Waals surface area contributed by atoms with Crippen molar-refractivity contribution in [2.24, 2.45) is 0 Å². The van der Waals surface area contributed by atoms with Crippen molar-refractivity contribution in [3.63, 3.8) is 0 Å². The molecule has 1 aliphatic carbocycles. The van der Waals surface area contributed by atoms with Crippen LogP contribution in [0.5, 0.6) is 0 Å². The molecule has 1 saturated carbocycles. The van der Waals surface area contributed by atoms with Crippen LogP contribution in [0.15, 0.2) is 36.5 Å². The van der Waals surface area contributed by atoms with Crippen LogP contribution >= 0.6 is 11.3 Å². The zero-order valence-corrected chi connectivity index (χ0v) is 18.6. The number of rotatable bonds is 6. The molecule has 0 atom stereocenters. The molecule has 0 bridgehead atoms. The monoisotopic (exact) mass is 438 g/mol. The number of aromatic nitrogens is 3. The lowest BCUT2D eigenvalue weighted by Crippen LogP contribution is -2.32. The van der Waals surface area contributed by atoms with Crippen LogP contribution in [-0.2, 0) is 11.3 Å². The van der Waals surface area contributed by atoms with Crippen molar-refractivity contribution in [3.8, 4) is 10.6 Å². The van der Waals surface area contributed by atoms with Gasteiger partial charge in [0, 0.05) is 24.3 Å². The van der Waals surface area contributed by atoms with Gasteiger partial charge in [0.1, 0.15) is 5.60 Å². The highest BCUT2D eigenvalue weighted by atomic mass is 32.1. The topological polar surface area (TPSA) is 115 Å². The van der Waals surface area contributed by atoms with E-state index in [0.717, 1.165) is 40.4 Å². The van der Waals surface area contributed by atoms with E-state index in [9.17, 15) is 4.79 Å². The Morgan fingerprint density at radius 2 is 1.94 bits per heavy atom. The summed E-state index contributed by atoms with van der Waals surface area (Å²) in [4.78, 5) is 26.3. The maximum absolute atomic E-state index is 11.8. The Labute approximate surface area is 185 Å². The third kappa shape index (κ3) is 5.69. The van der Waals surface area contributed by atoms with Crippen molar-refractivity contribution in [1.82, 2.24) is 20.3 Å². The maximum atomic E-state index is 11.8. The average Bonchev–Trinajstić information content (AvgIpc) is 3.48. The molecule has 3 aromatic rings. The van der Waals surface area contributed by atoms with E-state index >= 15 is 0 Å². The van der Waals surface area contributed by atoms with E-state index in [1.165, 1.54) is 11.3 Å². The number of hydrogen-bond acceptors (Lipinski definition) is 8. The molecule has 1 fully saturated rings. The quantitative estimate of drug-likeness (QED) is 0.505. The number of thiazole rings is 1. The van der Waals surface area contributed by atoms with Crippen molar-refractivity contribution in [1.29, 1.82) is 0 Å². The number of hydrogen-bond donors (Lipinski definition) is 3. The molecule has 162 valence electrons. The molecular formula is C22H26N6O2S. The summed E-state index contributed by atoms with van der Waals surface area (Å²) >= 11 is 1.47. The van der Waals surface area contributed by atoms with Gasteiger partial charge in [0.15, 0.2) is 5.13 Å². The number of nitrogens with two attached hydrogens (primary N) is 1. The fourth-order valence-corrected chi connectivity index (χ4v) is 3.92. The van der Waals surface area contributed by atoms with Gasteiger partial charge in [-0.15, -0.1) is 0 Å². The molecule has 1 aromatic carbocycles. The Kier molecular flexibility index (Phi) is 5.77. The highest BCUT2D eigenvalue weighted by Gasteiger charge is 2.30. The predicted molar refractivity (Wildman–Crippen MR) is 122 cm³/mol. The molecule has 0 aliphatic heterocycles. The average molecular weight is 439 g/mol. The molecule has 1 aliphatic rings. The summed E-state index contributed by atoms with van der Waals surface area (Å²) in [5.74, 6) is 1.00.